The van der Waals surface area contributed by atoms with Gasteiger partial charge in [-0.1, -0.05) is 18.9 Å². The minimum atomic E-state index is 0.456. The second-order valence-corrected chi connectivity index (χ2v) is 4.47. The quantitative estimate of drug-likeness (QED) is 0.873. The second-order valence-electron chi connectivity index (χ2n) is 4.47. The summed E-state index contributed by atoms with van der Waals surface area (Å²) in [5.41, 5.74) is 1.30. The standard InChI is InChI=1S/C14H21NO2/c1-16-13-8-7-11(10-14(13)17-2)12-6-4-3-5-9-15-12/h7-8,10,12,15H,3-6,9H2,1-2H3/t12-/m1/s1. The molecule has 3 nitrogen and oxygen atoms in total. The molecule has 1 saturated heterocycles. The van der Waals surface area contributed by atoms with Crippen LogP contribution in [0.15, 0.2) is 18.2 Å². The van der Waals surface area contributed by atoms with E-state index >= 15 is 0 Å². The third kappa shape index (κ3) is 2.91. The van der Waals surface area contributed by atoms with Gasteiger partial charge in [-0.2, -0.15) is 0 Å². The first-order valence-corrected chi connectivity index (χ1v) is 6.30. The van der Waals surface area contributed by atoms with Gasteiger partial charge in [0.1, 0.15) is 0 Å². The molecule has 0 aliphatic carbocycles. The Morgan fingerprint density at radius 3 is 2.65 bits per heavy atom. The van der Waals surface area contributed by atoms with E-state index in [2.05, 4.69) is 17.4 Å². The Labute approximate surface area is 103 Å². The van der Waals surface area contributed by atoms with Crippen molar-refractivity contribution in [1.29, 1.82) is 0 Å². The molecule has 1 heterocycles. The number of rotatable bonds is 3. The van der Waals surface area contributed by atoms with E-state index in [1.54, 1.807) is 14.2 Å². The van der Waals surface area contributed by atoms with Gasteiger partial charge < -0.3 is 14.8 Å². The van der Waals surface area contributed by atoms with Crippen molar-refractivity contribution in [1.82, 2.24) is 5.32 Å². The lowest BCUT2D eigenvalue weighted by Gasteiger charge is -2.18. The second kappa shape index (κ2) is 5.92. The predicted octanol–water partition coefficient (Wildman–Crippen LogP) is 2.91. The van der Waals surface area contributed by atoms with Gasteiger partial charge in [0.15, 0.2) is 11.5 Å². The molecular formula is C14H21NO2. The first kappa shape index (κ1) is 12.2. The van der Waals surface area contributed by atoms with Crippen LogP contribution in [-0.4, -0.2) is 20.8 Å². The molecule has 1 aromatic carbocycles. The molecule has 0 spiro atoms. The summed E-state index contributed by atoms with van der Waals surface area (Å²) in [6, 6.07) is 6.66. The van der Waals surface area contributed by atoms with Crippen LogP contribution in [0.25, 0.3) is 0 Å². The highest BCUT2D eigenvalue weighted by Gasteiger charge is 2.15. The predicted molar refractivity (Wildman–Crippen MR) is 68.8 cm³/mol. The molecule has 0 saturated carbocycles. The lowest BCUT2D eigenvalue weighted by molar-refractivity contribution is 0.353. The van der Waals surface area contributed by atoms with Crippen LogP contribution in [0.1, 0.15) is 37.3 Å². The maximum atomic E-state index is 5.35. The fourth-order valence-electron chi connectivity index (χ4n) is 2.38. The molecule has 0 bridgehead atoms. The summed E-state index contributed by atoms with van der Waals surface area (Å²) >= 11 is 0. The minimum absolute atomic E-state index is 0.456. The highest BCUT2D eigenvalue weighted by atomic mass is 16.5. The lowest BCUT2D eigenvalue weighted by atomic mass is 10.0. The van der Waals surface area contributed by atoms with E-state index in [9.17, 15) is 0 Å². The Balaban J connectivity index is 2.19. The van der Waals surface area contributed by atoms with Crippen molar-refractivity contribution in [2.75, 3.05) is 20.8 Å². The summed E-state index contributed by atoms with van der Waals surface area (Å²) in [4.78, 5) is 0. The number of hydrogen-bond acceptors (Lipinski definition) is 3. The third-order valence-electron chi connectivity index (χ3n) is 3.37. The van der Waals surface area contributed by atoms with Crippen LogP contribution < -0.4 is 14.8 Å². The number of hydrogen-bond donors (Lipinski definition) is 1. The van der Waals surface area contributed by atoms with Crippen LogP contribution in [0.2, 0.25) is 0 Å². The van der Waals surface area contributed by atoms with Gasteiger partial charge in [0.05, 0.1) is 14.2 Å². The molecule has 0 amide bonds. The van der Waals surface area contributed by atoms with Crippen LogP contribution in [0.5, 0.6) is 11.5 Å². The fraction of sp³-hybridized carbons (Fsp3) is 0.571. The van der Waals surface area contributed by atoms with E-state index in [-0.39, 0.29) is 0 Å². The zero-order chi connectivity index (χ0) is 12.1. The van der Waals surface area contributed by atoms with E-state index in [0.717, 1.165) is 18.0 Å². The van der Waals surface area contributed by atoms with Crippen molar-refractivity contribution in [2.24, 2.45) is 0 Å². The van der Waals surface area contributed by atoms with Gasteiger partial charge in [-0.15, -0.1) is 0 Å². The molecule has 17 heavy (non-hydrogen) atoms. The summed E-state index contributed by atoms with van der Waals surface area (Å²) in [6.07, 6.45) is 5.11. The Morgan fingerprint density at radius 2 is 1.88 bits per heavy atom. The maximum absolute atomic E-state index is 5.35. The summed E-state index contributed by atoms with van der Waals surface area (Å²) < 4.78 is 10.6. The maximum Gasteiger partial charge on any atom is 0.161 e. The average molecular weight is 235 g/mol. The van der Waals surface area contributed by atoms with Gasteiger partial charge in [-0.3, -0.25) is 0 Å². The van der Waals surface area contributed by atoms with Crippen molar-refractivity contribution >= 4 is 0 Å². The highest BCUT2D eigenvalue weighted by molar-refractivity contribution is 5.43. The van der Waals surface area contributed by atoms with E-state index in [0.29, 0.717) is 6.04 Å². The molecule has 1 fully saturated rings. The van der Waals surface area contributed by atoms with Crippen molar-refractivity contribution < 1.29 is 9.47 Å². The molecule has 1 aromatic rings. The summed E-state index contributed by atoms with van der Waals surface area (Å²) in [5, 5.41) is 3.59. The van der Waals surface area contributed by atoms with E-state index in [4.69, 9.17) is 9.47 Å². The molecule has 0 radical (unpaired) electrons. The molecule has 2 rings (SSSR count). The zero-order valence-corrected chi connectivity index (χ0v) is 10.7. The van der Waals surface area contributed by atoms with E-state index < -0.39 is 0 Å². The fourth-order valence-corrected chi connectivity index (χ4v) is 2.38. The first-order valence-electron chi connectivity index (χ1n) is 6.30. The topological polar surface area (TPSA) is 30.5 Å². The Kier molecular flexibility index (Phi) is 4.26. The molecule has 0 aromatic heterocycles. The van der Waals surface area contributed by atoms with Gasteiger partial charge in [0, 0.05) is 6.04 Å². The summed E-state index contributed by atoms with van der Waals surface area (Å²) in [7, 11) is 3.35. The van der Waals surface area contributed by atoms with Crippen LogP contribution >= 0.6 is 0 Å². The lowest BCUT2D eigenvalue weighted by Crippen LogP contribution is -2.20. The zero-order valence-electron chi connectivity index (χ0n) is 10.7. The van der Waals surface area contributed by atoms with Crippen LogP contribution in [0.4, 0.5) is 0 Å². The Morgan fingerprint density at radius 1 is 1.06 bits per heavy atom. The highest BCUT2D eigenvalue weighted by Crippen LogP contribution is 2.32. The van der Waals surface area contributed by atoms with Crippen LogP contribution in [0.3, 0.4) is 0 Å². The number of benzene rings is 1. The van der Waals surface area contributed by atoms with Gasteiger partial charge in [0.2, 0.25) is 0 Å². The molecule has 3 heteroatoms. The molecule has 1 atom stereocenters. The van der Waals surface area contributed by atoms with Crippen molar-refractivity contribution in [3.63, 3.8) is 0 Å². The van der Waals surface area contributed by atoms with Gasteiger partial charge >= 0.3 is 0 Å². The Bertz CT molecular complexity index is 357. The van der Waals surface area contributed by atoms with E-state index in [1.165, 1.54) is 31.2 Å². The molecule has 0 unspecified atom stereocenters. The number of nitrogens with one attached hydrogen (secondary N) is 1. The normalized spacial score (nSPS) is 20.7. The van der Waals surface area contributed by atoms with Gasteiger partial charge in [-0.05, 0) is 37.1 Å². The van der Waals surface area contributed by atoms with E-state index in [1.807, 2.05) is 6.07 Å². The minimum Gasteiger partial charge on any atom is -0.493 e. The number of methoxy groups -OCH3 is 2. The number of ether oxygens (including phenoxy) is 2. The average Bonchev–Trinajstić information content (AvgIpc) is 2.66. The van der Waals surface area contributed by atoms with Gasteiger partial charge in [0.25, 0.3) is 0 Å². The van der Waals surface area contributed by atoms with Gasteiger partial charge in [-0.25, -0.2) is 0 Å². The van der Waals surface area contributed by atoms with Crippen LogP contribution in [-0.2, 0) is 0 Å². The molecule has 1 aliphatic rings. The molecular weight excluding hydrogens is 214 g/mol. The summed E-state index contributed by atoms with van der Waals surface area (Å²) in [5.74, 6) is 1.61. The Hall–Kier alpha value is -1.22. The monoisotopic (exact) mass is 235 g/mol. The summed E-state index contributed by atoms with van der Waals surface area (Å²) in [6.45, 7) is 1.11. The SMILES string of the molecule is COc1ccc([C@H]2CCCCCN2)cc1OC. The van der Waals surface area contributed by atoms with Crippen molar-refractivity contribution in [3.8, 4) is 11.5 Å². The third-order valence-corrected chi connectivity index (χ3v) is 3.37. The first-order chi connectivity index (χ1) is 8.35. The van der Waals surface area contributed by atoms with Crippen molar-refractivity contribution in [2.45, 2.75) is 31.7 Å². The van der Waals surface area contributed by atoms with Crippen molar-refractivity contribution in [3.05, 3.63) is 23.8 Å². The van der Waals surface area contributed by atoms with Crippen LogP contribution in [0, 0.1) is 0 Å². The largest absolute Gasteiger partial charge is 0.493 e. The molecule has 1 N–H and O–H groups in total. The molecule has 94 valence electrons. The molecule has 1 aliphatic heterocycles. The smallest absolute Gasteiger partial charge is 0.161 e.